The molecular formula is C19H19N3. The van der Waals surface area contributed by atoms with E-state index in [0.717, 1.165) is 33.9 Å². The second-order valence-corrected chi connectivity index (χ2v) is 4.77. The second-order valence-electron chi connectivity index (χ2n) is 4.77. The van der Waals surface area contributed by atoms with E-state index in [-0.39, 0.29) is 0 Å². The highest BCUT2D eigenvalue weighted by atomic mass is 14.8. The van der Waals surface area contributed by atoms with Crippen LogP contribution in [0.2, 0.25) is 0 Å². The highest BCUT2D eigenvalue weighted by Crippen LogP contribution is 2.19. The molecule has 0 aromatic carbocycles. The average molecular weight is 289 g/mol. The van der Waals surface area contributed by atoms with Crippen molar-refractivity contribution in [2.75, 3.05) is 0 Å². The van der Waals surface area contributed by atoms with Gasteiger partial charge in [0.25, 0.3) is 0 Å². The van der Waals surface area contributed by atoms with Gasteiger partial charge in [-0.15, -0.1) is 0 Å². The first-order valence-electron chi connectivity index (χ1n) is 7.07. The molecule has 3 nitrogen and oxygen atoms in total. The van der Waals surface area contributed by atoms with E-state index in [1.54, 1.807) is 18.5 Å². The molecule has 0 aliphatic carbocycles. The number of rotatable bonds is 5. The molecule has 2 aromatic heterocycles. The van der Waals surface area contributed by atoms with Crippen molar-refractivity contribution in [1.82, 2.24) is 9.97 Å². The Balaban J connectivity index is 2.57. The van der Waals surface area contributed by atoms with Crippen LogP contribution in [0.15, 0.2) is 72.5 Å². The fraction of sp³-hybridized carbons (Fsp3) is 0.105. The van der Waals surface area contributed by atoms with E-state index in [4.69, 9.17) is 4.99 Å². The number of allylic oxidation sites excluding steroid dienone is 2. The number of hydrogen-bond donors (Lipinski definition) is 0. The molecule has 0 saturated carbocycles. The summed E-state index contributed by atoms with van der Waals surface area (Å²) in [5.41, 5.74) is 4.91. The maximum Gasteiger partial charge on any atom is 0.0960 e. The Kier molecular flexibility index (Phi) is 5.15. The van der Waals surface area contributed by atoms with Gasteiger partial charge in [0.2, 0.25) is 0 Å². The van der Waals surface area contributed by atoms with Crippen LogP contribution in [0.25, 0.3) is 11.8 Å². The van der Waals surface area contributed by atoms with Gasteiger partial charge < -0.3 is 0 Å². The van der Waals surface area contributed by atoms with Crippen LogP contribution in [-0.4, -0.2) is 15.7 Å². The van der Waals surface area contributed by atoms with Crippen molar-refractivity contribution in [2.24, 2.45) is 4.99 Å². The van der Waals surface area contributed by atoms with E-state index in [0.29, 0.717) is 0 Å². The van der Waals surface area contributed by atoms with Crippen LogP contribution in [-0.2, 0) is 0 Å². The van der Waals surface area contributed by atoms with Gasteiger partial charge in [-0.25, -0.2) is 4.99 Å². The normalized spacial score (nSPS) is 12.1. The van der Waals surface area contributed by atoms with E-state index < -0.39 is 0 Å². The van der Waals surface area contributed by atoms with Gasteiger partial charge in [0.05, 0.1) is 22.8 Å². The van der Waals surface area contributed by atoms with Crippen LogP contribution in [0.1, 0.15) is 30.8 Å². The van der Waals surface area contributed by atoms with E-state index in [2.05, 4.69) is 23.1 Å². The standard InChI is InChI=1S/C19H19N3/c1-5-15-10-9-13-21-19(15)18(14(3)4)22-16(6-2)17-11-7-8-12-20-17/h5-13H,1,3H2,2,4H3/b16-6-,22-18?. The lowest BCUT2D eigenvalue weighted by atomic mass is 10.0. The summed E-state index contributed by atoms with van der Waals surface area (Å²) >= 11 is 0. The molecule has 0 fully saturated rings. The average Bonchev–Trinajstić information content (AvgIpc) is 2.56. The van der Waals surface area contributed by atoms with Crippen LogP contribution in [0.4, 0.5) is 0 Å². The van der Waals surface area contributed by atoms with Gasteiger partial charge >= 0.3 is 0 Å². The quantitative estimate of drug-likeness (QED) is 0.758. The number of aromatic nitrogens is 2. The number of aliphatic imine (C=N–C) groups is 1. The third-order valence-electron chi connectivity index (χ3n) is 3.12. The summed E-state index contributed by atoms with van der Waals surface area (Å²) in [6, 6.07) is 9.60. The molecule has 0 aliphatic rings. The van der Waals surface area contributed by atoms with Crippen molar-refractivity contribution in [3.8, 4) is 0 Å². The van der Waals surface area contributed by atoms with Gasteiger partial charge in [-0.2, -0.15) is 0 Å². The van der Waals surface area contributed by atoms with Crippen LogP contribution in [0, 0.1) is 0 Å². The highest BCUT2D eigenvalue weighted by Gasteiger charge is 2.11. The van der Waals surface area contributed by atoms with Crippen molar-refractivity contribution in [2.45, 2.75) is 13.8 Å². The Morgan fingerprint density at radius 1 is 1.14 bits per heavy atom. The molecule has 0 spiro atoms. The van der Waals surface area contributed by atoms with Gasteiger partial charge in [-0.05, 0) is 37.6 Å². The zero-order valence-electron chi connectivity index (χ0n) is 13.0. The Morgan fingerprint density at radius 3 is 2.50 bits per heavy atom. The molecule has 3 heteroatoms. The number of hydrogen-bond acceptors (Lipinski definition) is 3. The molecule has 0 atom stereocenters. The van der Waals surface area contributed by atoms with Crippen molar-refractivity contribution < 1.29 is 0 Å². The maximum atomic E-state index is 4.75. The molecule has 0 aliphatic heterocycles. The molecule has 2 aromatic rings. The van der Waals surface area contributed by atoms with E-state index in [1.807, 2.05) is 50.3 Å². The van der Waals surface area contributed by atoms with Crippen LogP contribution < -0.4 is 0 Å². The van der Waals surface area contributed by atoms with E-state index in [1.165, 1.54) is 0 Å². The zero-order chi connectivity index (χ0) is 15.9. The largest absolute Gasteiger partial charge is 0.255 e. The molecule has 2 heterocycles. The summed E-state index contributed by atoms with van der Waals surface area (Å²) in [7, 11) is 0. The van der Waals surface area contributed by atoms with Crippen molar-refractivity contribution in [1.29, 1.82) is 0 Å². The van der Waals surface area contributed by atoms with Crippen LogP contribution >= 0.6 is 0 Å². The first-order valence-corrected chi connectivity index (χ1v) is 7.07. The van der Waals surface area contributed by atoms with Crippen molar-refractivity contribution in [3.05, 3.63) is 84.5 Å². The minimum absolute atomic E-state index is 0.745. The smallest absolute Gasteiger partial charge is 0.0960 e. The molecule has 0 unspecified atom stereocenters. The molecule has 110 valence electrons. The molecular weight excluding hydrogens is 270 g/mol. The highest BCUT2D eigenvalue weighted by molar-refractivity contribution is 6.14. The SMILES string of the molecule is C=Cc1cccnc1C(=N/C(=C\C)c1ccccn1)C(=C)C. The first-order chi connectivity index (χ1) is 10.7. The minimum Gasteiger partial charge on any atom is -0.255 e. The summed E-state index contributed by atoms with van der Waals surface area (Å²) in [4.78, 5) is 13.5. The minimum atomic E-state index is 0.745. The Bertz CT molecular complexity index is 740. The third kappa shape index (κ3) is 3.44. The Morgan fingerprint density at radius 2 is 1.91 bits per heavy atom. The van der Waals surface area contributed by atoms with Gasteiger partial charge in [0, 0.05) is 18.0 Å². The monoisotopic (exact) mass is 289 g/mol. The van der Waals surface area contributed by atoms with Crippen LogP contribution in [0.3, 0.4) is 0 Å². The lowest BCUT2D eigenvalue weighted by molar-refractivity contribution is 1.23. The van der Waals surface area contributed by atoms with E-state index >= 15 is 0 Å². The summed E-state index contributed by atoms with van der Waals surface area (Å²) in [5.74, 6) is 0. The van der Waals surface area contributed by atoms with Crippen molar-refractivity contribution >= 4 is 17.5 Å². The Labute approximate surface area is 131 Å². The first kappa shape index (κ1) is 15.6. The lowest BCUT2D eigenvalue weighted by Gasteiger charge is -2.10. The van der Waals surface area contributed by atoms with Gasteiger partial charge in [0.15, 0.2) is 0 Å². The molecule has 0 bridgehead atoms. The summed E-state index contributed by atoms with van der Waals surface area (Å²) in [6.45, 7) is 11.7. The maximum absolute atomic E-state index is 4.75. The predicted molar refractivity (Wildman–Crippen MR) is 93.6 cm³/mol. The zero-order valence-corrected chi connectivity index (χ0v) is 13.0. The number of pyridine rings is 2. The lowest BCUT2D eigenvalue weighted by Crippen LogP contribution is -2.07. The molecule has 0 saturated heterocycles. The van der Waals surface area contributed by atoms with Crippen molar-refractivity contribution in [3.63, 3.8) is 0 Å². The van der Waals surface area contributed by atoms with Crippen LogP contribution in [0.5, 0.6) is 0 Å². The summed E-state index contributed by atoms with van der Waals surface area (Å²) in [6.07, 6.45) is 7.21. The van der Waals surface area contributed by atoms with Gasteiger partial charge in [-0.3, -0.25) is 9.97 Å². The second kappa shape index (κ2) is 7.27. The summed E-state index contributed by atoms with van der Waals surface area (Å²) < 4.78 is 0. The topological polar surface area (TPSA) is 38.1 Å². The molecule has 2 rings (SSSR count). The molecule has 22 heavy (non-hydrogen) atoms. The van der Waals surface area contributed by atoms with E-state index in [9.17, 15) is 0 Å². The van der Waals surface area contributed by atoms with Gasteiger partial charge in [0.1, 0.15) is 0 Å². The molecule has 0 amide bonds. The van der Waals surface area contributed by atoms with Gasteiger partial charge in [-0.1, -0.05) is 37.4 Å². The molecule has 0 N–H and O–H groups in total. The molecule has 0 radical (unpaired) electrons. The predicted octanol–water partition coefficient (Wildman–Crippen LogP) is 4.55. The number of nitrogens with zero attached hydrogens (tertiary/aromatic N) is 3. The Hall–Kier alpha value is -2.81. The third-order valence-corrected chi connectivity index (χ3v) is 3.12. The summed E-state index contributed by atoms with van der Waals surface area (Å²) in [5, 5.41) is 0. The fourth-order valence-electron chi connectivity index (χ4n) is 2.04. The fourth-order valence-corrected chi connectivity index (χ4v) is 2.04.